The highest BCUT2D eigenvalue weighted by Gasteiger charge is 2.23. The van der Waals surface area contributed by atoms with E-state index in [1.807, 2.05) is 13.1 Å². The number of rotatable bonds is 4. The highest BCUT2D eigenvalue weighted by atomic mass is 28.4. The predicted octanol–water partition coefficient (Wildman–Crippen LogP) is 0.524. The Hall–Kier alpha value is -0.393. The zero-order chi connectivity index (χ0) is 8.91. The summed E-state index contributed by atoms with van der Waals surface area (Å²) in [7, 11) is 0.842. The minimum Gasteiger partial charge on any atom is -0.467 e. The van der Waals surface area contributed by atoms with Gasteiger partial charge in [-0.15, -0.1) is 0 Å². The summed E-state index contributed by atoms with van der Waals surface area (Å²) in [4.78, 5) is 10.6. The van der Waals surface area contributed by atoms with E-state index in [9.17, 15) is 4.79 Å². The average Bonchev–Trinajstić information content (AvgIpc) is 2.00. The van der Waals surface area contributed by atoms with Crippen LogP contribution in [0.1, 0.15) is 0 Å². The van der Waals surface area contributed by atoms with Gasteiger partial charge in [-0.1, -0.05) is 0 Å². The Kier molecular flexibility index (Phi) is 4.32. The molecule has 0 N–H and O–H groups in total. The number of methoxy groups -OCH3 is 1. The van der Waals surface area contributed by atoms with E-state index in [4.69, 9.17) is 8.85 Å². The lowest BCUT2D eigenvalue weighted by atomic mass is 10.8. The van der Waals surface area contributed by atoms with Crippen LogP contribution in [0.4, 0.5) is 0 Å². The quantitative estimate of drug-likeness (QED) is 0.465. The first-order chi connectivity index (χ1) is 5.02. The van der Waals surface area contributed by atoms with Gasteiger partial charge in [-0.05, 0) is 13.1 Å². The van der Waals surface area contributed by atoms with Crippen molar-refractivity contribution in [3.63, 3.8) is 0 Å². The van der Waals surface area contributed by atoms with Crippen LogP contribution in [0.5, 0.6) is 0 Å². The third kappa shape index (κ3) is 4.94. The number of hydrogen-bond donors (Lipinski definition) is 0. The van der Waals surface area contributed by atoms with E-state index in [2.05, 4.69) is 4.74 Å². The molecule has 66 valence electrons. The lowest BCUT2D eigenvalue weighted by Crippen LogP contribution is -2.35. The second-order valence-corrected chi connectivity index (χ2v) is 5.97. The standard InChI is InChI=1S/C6H14O4Si/c1-8-6(7)5-10-11(3,4)9-2/h5H2,1-4H3. The van der Waals surface area contributed by atoms with Gasteiger partial charge < -0.3 is 13.6 Å². The summed E-state index contributed by atoms with van der Waals surface area (Å²) in [5.74, 6) is -0.373. The summed E-state index contributed by atoms with van der Waals surface area (Å²) in [6.07, 6.45) is 0. The van der Waals surface area contributed by atoms with Crippen LogP contribution in [0.2, 0.25) is 13.1 Å². The van der Waals surface area contributed by atoms with Gasteiger partial charge in [0.2, 0.25) is 0 Å². The Bertz CT molecular complexity index is 135. The molecule has 0 unspecified atom stereocenters. The molecule has 0 heterocycles. The van der Waals surface area contributed by atoms with Crippen molar-refractivity contribution in [3.8, 4) is 0 Å². The molecule has 0 aromatic rings. The molecule has 0 bridgehead atoms. The monoisotopic (exact) mass is 178 g/mol. The lowest BCUT2D eigenvalue weighted by Gasteiger charge is -2.18. The molecule has 0 spiro atoms. The van der Waals surface area contributed by atoms with E-state index in [0.29, 0.717) is 0 Å². The molecule has 0 saturated heterocycles. The molecular formula is C6H14O4Si. The molecule has 0 atom stereocenters. The van der Waals surface area contributed by atoms with E-state index < -0.39 is 8.56 Å². The average molecular weight is 178 g/mol. The first-order valence-corrected chi connectivity index (χ1v) is 6.09. The van der Waals surface area contributed by atoms with Crippen LogP contribution < -0.4 is 0 Å². The van der Waals surface area contributed by atoms with Crippen molar-refractivity contribution in [2.45, 2.75) is 13.1 Å². The van der Waals surface area contributed by atoms with Crippen LogP contribution in [0.3, 0.4) is 0 Å². The van der Waals surface area contributed by atoms with Gasteiger partial charge in [-0.25, -0.2) is 4.79 Å². The van der Waals surface area contributed by atoms with Gasteiger partial charge in [0.05, 0.1) is 7.11 Å². The highest BCUT2D eigenvalue weighted by Crippen LogP contribution is 2.03. The minimum absolute atomic E-state index is 0.0242. The summed E-state index contributed by atoms with van der Waals surface area (Å²) in [5.41, 5.74) is 0. The zero-order valence-corrected chi connectivity index (χ0v) is 8.34. The van der Waals surface area contributed by atoms with Crippen molar-refractivity contribution in [2.75, 3.05) is 20.8 Å². The van der Waals surface area contributed by atoms with Crippen molar-refractivity contribution in [2.24, 2.45) is 0 Å². The third-order valence-electron chi connectivity index (χ3n) is 1.26. The second kappa shape index (κ2) is 4.48. The van der Waals surface area contributed by atoms with E-state index in [0.717, 1.165) is 0 Å². The Balaban J connectivity index is 3.61. The van der Waals surface area contributed by atoms with Gasteiger partial charge in [0.1, 0.15) is 6.61 Å². The van der Waals surface area contributed by atoms with E-state index in [-0.39, 0.29) is 12.6 Å². The summed E-state index contributed by atoms with van der Waals surface area (Å²) < 4.78 is 14.6. The molecule has 0 aliphatic carbocycles. The van der Waals surface area contributed by atoms with Gasteiger partial charge in [0.15, 0.2) is 0 Å². The number of carbonyl (C=O) groups excluding carboxylic acids is 1. The Morgan fingerprint density at radius 2 is 1.91 bits per heavy atom. The van der Waals surface area contributed by atoms with Crippen molar-refractivity contribution in [1.29, 1.82) is 0 Å². The van der Waals surface area contributed by atoms with Gasteiger partial charge >= 0.3 is 14.5 Å². The first kappa shape index (κ1) is 10.6. The maximum Gasteiger partial charge on any atom is 0.331 e. The fraction of sp³-hybridized carbons (Fsp3) is 0.833. The fourth-order valence-electron chi connectivity index (χ4n) is 0.351. The number of hydrogen-bond acceptors (Lipinski definition) is 4. The molecule has 0 radical (unpaired) electrons. The zero-order valence-electron chi connectivity index (χ0n) is 7.34. The fourth-order valence-corrected chi connectivity index (χ4v) is 0.934. The topological polar surface area (TPSA) is 44.8 Å². The maximum atomic E-state index is 10.6. The van der Waals surface area contributed by atoms with Crippen molar-refractivity contribution < 1.29 is 18.4 Å². The molecule has 0 amide bonds. The Labute approximate surface area is 67.7 Å². The van der Waals surface area contributed by atoms with E-state index in [1.165, 1.54) is 7.11 Å². The van der Waals surface area contributed by atoms with Crippen molar-refractivity contribution in [1.82, 2.24) is 0 Å². The van der Waals surface area contributed by atoms with Crippen LogP contribution in [0.15, 0.2) is 0 Å². The Morgan fingerprint density at radius 3 is 2.27 bits per heavy atom. The van der Waals surface area contributed by atoms with Gasteiger partial charge in [-0.2, -0.15) is 0 Å². The minimum atomic E-state index is -2.06. The molecule has 0 saturated carbocycles. The van der Waals surface area contributed by atoms with Gasteiger partial charge in [-0.3, -0.25) is 0 Å². The van der Waals surface area contributed by atoms with E-state index >= 15 is 0 Å². The molecule has 0 fully saturated rings. The maximum absolute atomic E-state index is 10.6. The number of ether oxygens (including phenoxy) is 1. The molecule has 0 aliphatic heterocycles. The summed E-state index contributed by atoms with van der Waals surface area (Å²) in [6, 6.07) is 0. The number of esters is 1. The van der Waals surface area contributed by atoms with Crippen LogP contribution in [-0.4, -0.2) is 35.4 Å². The normalized spacial score (nSPS) is 11.3. The molecule has 0 aromatic carbocycles. The SMILES string of the molecule is COC(=O)CO[Si](C)(C)OC. The van der Waals surface area contributed by atoms with Crippen LogP contribution >= 0.6 is 0 Å². The van der Waals surface area contributed by atoms with Crippen molar-refractivity contribution in [3.05, 3.63) is 0 Å². The highest BCUT2D eigenvalue weighted by molar-refractivity contribution is 6.64. The molecule has 11 heavy (non-hydrogen) atoms. The van der Waals surface area contributed by atoms with Gasteiger partial charge in [0.25, 0.3) is 0 Å². The van der Waals surface area contributed by atoms with Crippen molar-refractivity contribution >= 4 is 14.5 Å². The van der Waals surface area contributed by atoms with E-state index in [1.54, 1.807) is 7.11 Å². The van der Waals surface area contributed by atoms with Crippen LogP contribution in [0, 0.1) is 0 Å². The smallest absolute Gasteiger partial charge is 0.331 e. The summed E-state index contributed by atoms with van der Waals surface area (Å²) in [5, 5.41) is 0. The van der Waals surface area contributed by atoms with Crippen LogP contribution in [0.25, 0.3) is 0 Å². The largest absolute Gasteiger partial charge is 0.467 e. The third-order valence-corrected chi connectivity index (χ3v) is 3.08. The summed E-state index contributed by atoms with van der Waals surface area (Å²) in [6.45, 7) is 3.69. The first-order valence-electron chi connectivity index (χ1n) is 3.28. The molecular weight excluding hydrogens is 164 g/mol. The second-order valence-electron chi connectivity index (χ2n) is 2.47. The summed E-state index contributed by atoms with van der Waals surface area (Å²) >= 11 is 0. The molecule has 4 nitrogen and oxygen atoms in total. The molecule has 0 aliphatic rings. The van der Waals surface area contributed by atoms with Crippen LogP contribution in [-0.2, 0) is 18.4 Å². The number of carbonyl (C=O) groups is 1. The lowest BCUT2D eigenvalue weighted by molar-refractivity contribution is -0.143. The Morgan fingerprint density at radius 1 is 1.36 bits per heavy atom. The van der Waals surface area contributed by atoms with Gasteiger partial charge in [0, 0.05) is 7.11 Å². The molecule has 0 rings (SSSR count). The molecule has 0 aromatic heterocycles. The predicted molar refractivity (Wildman–Crippen MR) is 42.5 cm³/mol. The molecule has 5 heteroatoms.